The van der Waals surface area contributed by atoms with Gasteiger partial charge in [0.25, 0.3) is 0 Å². The van der Waals surface area contributed by atoms with Crippen LogP contribution in [0.15, 0.2) is 4.99 Å². The maximum Gasteiger partial charge on any atom is 0.188 e. The number of rotatable bonds is 4. The molecule has 0 saturated carbocycles. The van der Waals surface area contributed by atoms with Crippen molar-refractivity contribution in [2.24, 2.45) is 16.6 Å². The molecular weight excluding hydrogens is 190 g/mol. The predicted octanol–water partition coefficient (Wildman–Crippen LogP) is 1.11. The van der Waals surface area contributed by atoms with Gasteiger partial charge >= 0.3 is 0 Å². The van der Waals surface area contributed by atoms with Crippen LogP contribution in [0.25, 0.3) is 0 Å². The van der Waals surface area contributed by atoms with Crippen LogP contribution in [0.5, 0.6) is 0 Å². The lowest BCUT2D eigenvalue weighted by Crippen LogP contribution is -2.44. The lowest BCUT2D eigenvalue weighted by Gasteiger charge is -2.20. The number of nitrogens with one attached hydrogen (secondary N) is 1. The molecular formula is C11H23N3O. The number of hydrogen-bond acceptors (Lipinski definition) is 2. The zero-order chi connectivity index (χ0) is 11.3. The summed E-state index contributed by atoms with van der Waals surface area (Å²) >= 11 is 0. The summed E-state index contributed by atoms with van der Waals surface area (Å²) in [5.41, 5.74) is 5.77. The Hall–Kier alpha value is -0.770. The fourth-order valence-corrected chi connectivity index (χ4v) is 1.65. The number of aliphatic imine (C=N–C) groups is 1. The lowest BCUT2D eigenvalue weighted by atomic mass is 10.1. The first-order chi connectivity index (χ1) is 7.09. The second-order valence-electron chi connectivity index (χ2n) is 4.60. The van der Waals surface area contributed by atoms with Crippen LogP contribution < -0.4 is 11.1 Å². The average molecular weight is 213 g/mol. The van der Waals surface area contributed by atoms with E-state index in [9.17, 15) is 0 Å². The highest BCUT2D eigenvalue weighted by molar-refractivity contribution is 5.78. The van der Waals surface area contributed by atoms with Crippen LogP contribution in [0.4, 0.5) is 0 Å². The minimum absolute atomic E-state index is 0.253. The minimum Gasteiger partial charge on any atom is -0.376 e. The van der Waals surface area contributed by atoms with Gasteiger partial charge in [-0.25, -0.2) is 0 Å². The summed E-state index contributed by atoms with van der Waals surface area (Å²) < 4.78 is 5.57. The first-order valence-corrected chi connectivity index (χ1v) is 5.77. The van der Waals surface area contributed by atoms with Crippen molar-refractivity contribution in [1.82, 2.24) is 5.32 Å². The Balaban J connectivity index is 2.29. The molecule has 4 nitrogen and oxygen atoms in total. The Morgan fingerprint density at radius 1 is 1.53 bits per heavy atom. The third-order valence-corrected chi connectivity index (χ3v) is 2.52. The third-order valence-electron chi connectivity index (χ3n) is 2.52. The van der Waals surface area contributed by atoms with E-state index >= 15 is 0 Å². The Morgan fingerprint density at radius 2 is 2.27 bits per heavy atom. The molecule has 15 heavy (non-hydrogen) atoms. The van der Waals surface area contributed by atoms with E-state index in [0.29, 0.717) is 11.9 Å². The SMILES string of the molecule is CC(C)CN=C(N)NC(C)C1CCCO1. The molecule has 1 heterocycles. The molecule has 1 saturated heterocycles. The molecule has 4 heteroatoms. The predicted molar refractivity (Wildman–Crippen MR) is 62.9 cm³/mol. The van der Waals surface area contributed by atoms with Gasteiger partial charge in [0.2, 0.25) is 0 Å². The largest absolute Gasteiger partial charge is 0.376 e. The Morgan fingerprint density at radius 3 is 2.80 bits per heavy atom. The van der Waals surface area contributed by atoms with Crippen molar-refractivity contribution in [2.45, 2.75) is 45.8 Å². The van der Waals surface area contributed by atoms with Crippen molar-refractivity contribution in [3.05, 3.63) is 0 Å². The second kappa shape index (κ2) is 5.95. The highest BCUT2D eigenvalue weighted by atomic mass is 16.5. The van der Waals surface area contributed by atoms with Gasteiger partial charge in [0.1, 0.15) is 0 Å². The first-order valence-electron chi connectivity index (χ1n) is 5.77. The highest BCUT2D eigenvalue weighted by Crippen LogP contribution is 2.15. The topological polar surface area (TPSA) is 59.6 Å². The van der Waals surface area contributed by atoms with E-state index in [1.165, 1.54) is 0 Å². The van der Waals surface area contributed by atoms with Crippen molar-refractivity contribution in [3.63, 3.8) is 0 Å². The van der Waals surface area contributed by atoms with E-state index < -0.39 is 0 Å². The molecule has 0 aromatic carbocycles. The standard InChI is InChI=1S/C11H23N3O/c1-8(2)7-13-11(12)14-9(3)10-5-4-6-15-10/h8-10H,4-7H2,1-3H3,(H3,12,13,14). The Labute approximate surface area is 92.3 Å². The van der Waals surface area contributed by atoms with Crippen molar-refractivity contribution in [2.75, 3.05) is 13.2 Å². The van der Waals surface area contributed by atoms with E-state index in [1.807, 2.05) is 0 Å². The Kier molecular flexibility index (Phi) is 4.88. The van der Waals surface area contributed by atoms with Gasteiger partial charge in [0, 0.05) is 13.2 Å². The van der Waals surface area contributed by atoms with Gasteiger partial charge in [-0.15, -0.1) is 0 Å². The molecule has 0 radical (unpaired) electrons. The van der Waals surface area contributed by atoms with Crippen molar-refractivity contribution < 1.29 is 4.74 Å². The van der Waals surface area contributed by atoms with Gasteiger partial charge in [0.15, 0.2) is 5.96 Å². The van der Waals surface area contributed by atoms with Crippen LogP contribution in [-0.2, 0) is 4.74 Å². The van der Waals surface area contributed by atoms with E-state index in [-0.39, 0.29) is 12.1 Å². The number of hydrogen-bond donors (Lipinski definition) is 2. The summed E-state index contributed by atoms with van der Waals surface area (Å²) in [7, 11) is 0. The molecule has 0 aromatic rings. The molecule has 0 amide bonds. The van der Waals surface area contributed by atoms with Gasteiger partial charge in [-0.1, -0.05) is 13.8 Å². The first kappa shape index (κ1) is 12.3. The molecule has 3 N–H and O–H groups in total. The summed E-state index contributed by atoms with van der Waals surface area (Å²) in [5, 5.41) is 3.18. The summed E-state index contributed by atoms with van der Waals surface area (Å²) in [5.74, 6) is 1.08. The quantitative estimate of drug-likeness (QED) is 0.543. The van der Waals surface area contributed by atoms with Crippen molar-refractivity contribution >= 4 is 5.96 Å². The zero-order valence-corrected chi connectivity index (χ0v) is 9.99. The highest BCUT2D eigenvalue weighted by Gasteiger charge is 2.22. The Bertz CT molecular complexity index is 210. The maximum atomic E-state index is 5.77. The minimum atomic E-state index is 0.253. The lowest BCUT2D eigenvalue weighted by molar-refractivity contribution is 0.0892. The van der Waals surface area contributed by atoms with Gasteiger partial charge in [-0.2, -0.15) is 0 Å². The summed E-state index contributed by atoms with van der Waals surface area (Å²) in [6.07, 6.45) is 2.56. The van der Waals surface area contributed by atoms with Crippen LogP contribution in [0.3, 0.4) is 0 Å². The van der Waals surface area contributed by atoms with Crippen LogP contribution in [-0.4, -0.2) is 31.3 Å². The van der Waals surface area contributed by atoms with Crippen LogP contribution >= 0.6 is 0 Å². The van der Waals surface area contributed by atoms with Gasteiger partial charge in [-0.05, 0) is 25.7 Å². The van der Waals surface area contributed by atoms with Crippen molar-refractivity contribution in [1.29, 1.82) is 0 Å². The van der Waals surface area contributed by atoms with E-state index in [2.05, 4.69) is 31.1 Å². The average Bonchev–Trinajstić information content (AvgIpc) is 2.67. The number of nitrogens with zero attached hydrogens (tertiary/aromatic N) is 1. The molecule has 0 aliphatic carbocycles. The zero-order valence-electron chi connectivity index (χ0n) is 9.99. The molecule has 0 aromatic heterocycles. The molecule has 88 valence electrons. The summed E-state index contributed by atoms with van der Waals surface area (Å²) in [4.78, 5) is 4.26. The van der Waals surface area contributed by atoms with Gasteiger partial charge < -0.3 is 15.8 Å². The molecule has 1 aliphatic rings. The molecule has 2 atom stereocenters. The molecule has 0 spiro atoms. The monoisotopic (exact) mass is 213 g/mol. The van der Waals surface area contributed by atoms with Crippen LogP contribution in [0.1, 0.15) is 33.6 Å². The number of guanidine groups is 1. The maximum absolute atomic E-state index is 5.77. The normalized spacial score (nSPS) is 24.5. The summed E-state index contributed by atoms with van der Waals surface area (Å²) in [6.45, 7) is 7.99. The van der Waals surface area contributed by atoms with E-state index in [4.69, 9.17) is 10.5 Å². The molecule has 0 bridgehead atoms. The molecule has 1 aliphatic heterocycles. The van der Waals surface area contributed by atoms with Crippen LogP contribution in [0.2, 0.25) is 0 Å². The van der Waals surface area contributed by atoms with Gasteiger partial charge in [0.05, 0.1) is 12.1 Å². The summed E-state index contributed by atoms with van der Waals surface area (Å²) in [6, 6.07) is 0.253. The third kappa shape index (κ3) is 4.51. The fraction of sp³-hybridized carbons (Fsp3) is 0.909. The second-order valence-corrected chi connectivity index (χ2v) is 4.60. The fourth-order valence-electron chi connectivity index (χ4n) is 1.65. The molecule has 1 fully saturated rings. The molecule has 2 unspecified atom stereocenters. The molecule has 1 rings (SSSR count). The van der Waals surface area contributed by atoms with E-state index in [1.54, 1.807) is 0 Å². The van der Waals surface area contributed by atoms with Gasteiger partial charge in [-0.3, -0.25) is 4.99 Å². The smallest absolute Gasteiger partial charge is 0.188 e. The number of nitrogens with two attached hydrogens (primary N) is 1. The van der Waals surface area contributed by atoms with Crippen LogP contribution in [0, 0.1) is 5.92 Å². The van der Waals surface area contributed by atoms with E-state index in [0.717, 1.165) is 26.0 Å². The van der Waals surface area contributed by atoms with Crippen molar-refractivity contribution in [3.8, 4) is 0 Å². The number of ether oxygens (including phenoxy) is 1.